The number of fused-ring (bicyclic) bond motifs is 1. The van der Waals surface area contributed by atoms with Crippen molar-refractivity contribution >= 4 is 29.0 Å². The van der Waals surface area contributed by atoms with E-state index in [1.54, 1.807) is 36.4 Å². The fourth-order valence-corrected chi connectivity index (χ4v) is 2.76. The van der Waals surface area contributed by atoms with Gasteiger partial charge in [0.15, 0.2) is 0 Å². The van der Waals surface area contributed by atoms with Gasteiger partial charge in [0.25, 0.3) is 0 Å². The number of nitrogens with zero attached hydrogens (tertiary/aromatic N) is 2. The third-order valence-corrected chi connectivity index (χ3v) is 4.06. The molecular weight excluding hydrogens is 347 g/mol. The van der Waals surface area contributed by atoms with Gasteiger partial charge in [-0.15, -0.1) is 0 Å². The van der Waals surface area contributed by atoms with Crippen LogP contribution in [0.1, 0.15) is 11.1 Å². The van der Waals surface area contributed by atoms with Gasteiger partial charge in [0.2, 0.25) is 0 Å². The average molecular weight is 361 g/mol. The maximum absolute atomic E-state index is 14.3. The molecule has 0 amide bonds. The van der Waals surface area contributed by atoms with E-state index in [2.05, 4.69) is 4.99 Å². The minimum Gasteiger partial charge on any atom is -0.477 e. The molecule has 0 unspecified atom stereocenters. The van der Waals surface area contributed by atoms with E-state index < -0.39 is 17.5 Å². The largest absolute Gasteiger partial charge is 0.477 e. The molecule has 128 valence electrons. The number of benzene rings is 2. The van der Waals surface area contributed by atoms with Crippen LogP contribution in [-0.2, 0) is 4.79 Å². The van der Waals surface area contributed by atoms with E-state index in [1.807, 2.05) is 0 Å². The quantitative estimate of drug-likeness (QED) is 0.563. The number of anilines is 1. The van der Waals surface area contributed by atoms with Crippen LogP contribution in [0.5, 0.6) is 0 Å². The second-order valence-electron chi connectivity index (χ2n) is 5.34. The molecule has 0 fully saturated rings. The zero-order valence-corrected chi connectivity index (χ0v) is 13.7. The van der Waals surface area contributed by atoms with Gasteiger partial charge < -0.3 is 10.8 Å². The minimum absolute atomic E-state index is 0.0995. The molecule has 0 aromatic heterocycles. The van der Waals surface area contributed by atoms with Gasteiger partial charge >= 0.3 is 5.97 Å². The molecule has 0 saturated heterocycles. The number of benzodiazepines with no additional fused rings is 1. The first kappa shape index (κ1) is 16.9. The van der Waals surface area contributed by atoms with Gasteiger partial charge in [-0.1, -0.05) is 23.7 Å². The van der Waals surface area contributed by atoms with Crippen LogP contribution < -0.4 is 16.6 Å². The van der Waals surface area contributed by atoms with Crippen LogP contribution in [0.15, 0.2) is 58.9 Å². The number of aliphatic imine (C=N–C) groups is 1. The summed E-state index contributed by atoms with van der Waals surface area (Å²) in [5.74, 6) is 4.30. The Balaban J connectivity index is 2.29. The molecule has 1 heterocycles. The van der Waals surface area contributed by atoms with Crippen molar-refractivity contribution in [3.8, 4) is 0 Å². The van der Waals surface area contributed by atoms with Crippen molar-refractivity contribution in [2.75, 3.05) is 11.6 Å². The van der Waals surface area contributed by atoms with Crippen molar-refractivity contribution in [3.63, 3.8) is 0 Å². The second kappa shape index (κ2) is 6.54. The van der Waals surface area contributed by atoms with Gasteiger partial charge in [0, 0.05) is 16.1 Å². The number of carbonyl (C=O) groups is 1. The third-order valence-electron chi connectivity index (χ3n) is 3.82. The number of hydrogen-bond acceptors (Lipinski definition) is 5. The summed E-state index contributed by atoms with van der Waals surface area (Å²) in [7, 11) is 0. The Bertz CT molecular complexity index is 927. The molecule has 8 heteroatoms. The topological polar surface area (TPSA) is 105 Å². The molecule has 1 aliphatic rings. The number of hydrogen-bond donors (Lipinski definition) is 3. The predicted octanol–water partition coefficient (Wildman–Crippen LogP) is 2.27. The molecule has 0 bridgehead atoms. The van der Waals surface area contributed by atoms with E-state index in [9.17, 15) is 9.18 Å². The highest BCUT2D eigenvalue weighted by Crippen LogP contribution is 2.31. The highest BCUT2D eigenvalue weighted by atomic mass is 35.5. The molecule has 0 spiro atoms. The molecule has 2 aromatic rings. The Morgan fingerprint density at radius 1 is 1.24 bits per heavy atom. The van der Waals surface area contributed by atoms with Crippen LogP contribution in [-0.4, -0.2) is 23.3 Å². The van der Waals surface area contributed by atoms with Crippen molar-refractivity contribution in [2.45, 2.75) is 0 Å². The highest BCUT2D eigenvalue weighted by Gasteiger charge is 2.26. The lowest BCUT2D eigenvalue weighted by molar-refractivity contribution is -0.132. The molecule has 6 nitrogen and oxygen atoms in total. The molecule has 0 saturated carbocycles. The SMILES string of the molecule is N/C(C(=O)O)=C1/CN=C(c2ccccc2F)c2cc(Cl)ccc2N1N. The van der Waals surface area contributed by atoms with Crippen molar-refractivity contribution in [2.24, 2.45) is 16.6 Å². The summed E-state index contributed by atoms with van der Waals surface area (Å²) in [5, 5.41) is 10.7. The summed E-state index contributed by atoms with van der Waals surface area (Å²) < 4.78 is 14.3. The monoisotopic (exact) mass is 360 g/mol. The van der Waals surface area contributed by atoms with Gasteiger partial charge in [0.05, 0.1) is 23.6 Å². The summed E-state index contributed by atoms with van der Waals surface area (Å²) in [6.07, 6.45) is 0. The van der Waals surface area contributed by atoms with Crippen LogP contribution in [0, 0.1) is 5.82 Å². The van der Waals surface area contributed by atoms with Crippen LogP contribution in [0.3, 0.4) is 0 Å². The number of carboxylic acid groups (broad SMARTS) is 1. The fourth-order valence-electron chi connectivity index (χ4n) is 2.59. The van der Waals surface area contributed by atoms with E-state index in [0.29, 0.717) is 22.0 Å². The number of halogens is 2. The summed E-state index contributed by atoms with van der Waals surface area (Å²) in [6, 6.07) is 10.9. The Morgan fingerprint density at radius 3 is 2.64 bits per heavy atom. The van der Waals surface area contributed by atoms with E-state index in [0.717, 1.165) is 5.01 Å². The third kappa shape index (κ3) is 3.07. The molecule has 3 rings (SSSR count). The molecule has 5 N–H and O–H groups in total. The molecule has 25 heavy (non-hydrogen) atoms. The molecule has 0 radical (unpaired) electrons. The van der Waals surface area contributed by atoms with Crippen LogP contribution >= 0.6 is 11.6 Å². The lowest BCUT2D eigenvalue weighted by Crippen LogP contribution is -2.35. The summed E-state index contributed by atoms with van der Waals surface area (Å²) in [5.41, 5.74) is 6.79. The first-order valence-electron chi connectivity index (χ1n) is 7.26. The standard InChI is InChI=1S/C17H14ClFN4O2/c18-9-5-6-13-11(7-9)16(10-3-1-2-4-12(10)19)22-8-14(23(13)21)15(20)17(24)25/h1-7H,8,20-21H2,(H,24,25)/b15-14-. The van der Waals surface area contributed by atoms with E-state index in [-0.39, 0.29) is 17.8 Å². The normalized spacial score (nSPS) is 16.0. The van der Waals surface area contributed by atoms with E-state index in [1.165, 1.54) is 6.07 Å². The van der Waals surface area contributed by atoms with Crippen molar-refractivity contribution in [3.05, 3.63) is 75.8 Å². The maximum atomic E-state index is 14.3. The second-order valence-corrected chi connectivity index (χ2v) is 5.78. The van der Waals surface area contributed by atoms with Gasteiger partial charge in [-0.3, -0.25) is 10.0 Å². The number of carboxylic acids is 1. The Kier molecular flexibility index (Phi) is 4.43. The van der Waals surface area contributed by atoms with Crippen LogP contribution in [0.2, 0.25) is 5.02 Å². The molecule has 0 atom stereocenters. The summed E-state index contributed by atoms with van der Waals surface area (Å²) >= 11 is 6.08. The van der Waals surface area contributed by atoms with Crippen molar-refractivity contribution in [1.29, 1.82) is 0 Å². The fraction of sp³-hybridized carbons (Fsp3) is 0.0588. The zero-order chi connectivity index (χ0) is 18.1. The summed E-state index contributed by atoms with van der Waals surface area (Å²) in [4.78, 5) is 15.6. The first-order chi connectivity index (χ1) is 11.9. The molecule has 1 aliphatic heterocycles. The number of rotatable bonds is 2. The lowest BCUT2D eigenvalue weighted by Gasteiger charge is -2.22. The van der Waals surface area contributed by atoms with Crippen LogP contribution in [0.4, 0.5) is 10.1 Å². The van der Waals surface area contributed by atoms with Crippen molar-refractivity contribution in [1.82, 2.24) is 0 Å². The first-order valence-corrected chi connectivity index (χ1v) is 7.64. The lowest BCUT2D eigenvalue weighted by atomic mass is 10.00. The van der Waals surface area contributed by atoms with Crippen LogP contribution in [0.25, 0.3) is 0 Å². The number of nitrogens with two attached hydrogens (primary N) is 2. The van der Waals surface area contributed by atoms with Gasteiger partial charge in [-0.05, 0) is 30.3 Å². The minimum atomic E-state index is -1.31. The summed E-state index contributed by atoms with van der Waals surface area (Å²) in [6.45, 7) is -0.120. The molecular formula is C17H14ClFN4O2. The maximum Gasteiger partial charge on any atom is 0.353 e. The van der Waals surface area contributed by atoms with E-state index in [4.69, 9.17) is 28.3 Å². The Hall–Kier alpha value is -2.90. The highest BCUT2D eigenvalue weighted by molar-refractivity contribution is 6.31. The van der Waals surface area contributed by atoms with Gasteiger partial charge in [0.1, 0.15) is 11.5 Å². The molecule has 2 aromatic carbocycles. The smallest absolute Gasteiger partial charge is 0.353 e. The van der Waals surface area contributed by atoms with E-state index >= 15 is 0 Å². The Morgan fingerprint density at radius 2 is 1.96 bits per heavy atom. The average Bonchev–Trinajstić information content (AvgIpc) is 2.71. The number of aliphatic carboxylic acids is 1. The predicted molar refractivity (Wildman–Crippen MR) is 93.9 cm³/mol. The molecule has 0 aliphatic carbocycles. The van der Waals surface area contributed by atoms with Gasteiger partial charge in [-0.25, -0.2) is 15.0 Å². The number of hydrazine groups is 1. The zero-order valence-electron chi connectivity index (χ0n) is 12.9. The van der Waals surface area contributed by atoms with Gasteiger partial charge in [-0.2, -0.15) is 0 Å². The Labute approximate surface area is 147 Å². The van der Waals surface area contributed by atoms with Crippen molar-refractivity contribution < 1.29 is 14.3 Å².